The first-order valence-corrected chi connectivity index (χ1v) is 9.42. The Hall–Kier alpha value is -2.70. The van der Waals surface area contributed by atoms with Gasteiger partial charge in [-0.1, -0.05) is 30.3 Å². The van der Waals surface area contributed by atoms with Gasteiger partial charge in [-0.15, -0.1) is 0 Å². The maximum atomic E-state index is 12.6. The van der Waals surface area contributed by atoms with Crippen molar-refractivity contribution in [2.45, 2.75) is 39.4 Å². The molecule has 0 unspecified atom stereocenters. The molecule has 0 saturated carbocycles. The fraction of sp³-hybridized carbons (Fsp3) is 0.409. The molecule has 0 bridgehead atoms. The van der Waals surface area contributed by atoms with E-state index in [-0.39, 0.29) is 17.4 Å². The highest BCUT2D eigenvalue weighted by atomic mass is 19.4. The molecule has 4 nitrogen and oxygen atoms in total. The van der Waals surface area contributed by atoms with Gasteiger partial charge in [0.25, 0.3) is 0 Å². The van der Waals surface area contributed by atoms with E-state index in [9.17, 15) is 18.0 Å². The van der Waals surface area contributed by atoms with Crippen LogP contribution in [0.3, 0.4) is 0 Å². The highest BCUT2D eigenvalue weighted by molar-refractivity contribution is 5.76. The Kier molecular flexibility index (Phi) is 7.93. The number of aryl methyl sites for hydroxylation is 2. The van der Waals surface area contributed by atoms with Crippen LogP contribution in [0.15, 0.2) is 42.5 Å². The molecule has 29 heavy (non-hydrogen) atoms. The number of alkyl halides is 3. The van der Waals surface area contributed by atoms with Crippen LogP contribution in [-0.2, 0) is 17.8 Å². The zero-order valence-corrected chi connectivity index (χ0v) is 16.9. The summed E-state index contributed by atoms with van der Waals surface area (Å²) in [7, 11) is 1.37. The van der Waals surface area contributed by atoms with Gasteiger partial charge in [0.2, 0.25) is 5.91 Å². The van der Waals surface area contributed by atoms with Crippen LogP contribution in [0.2, 0.25) is 0 Å². The first kappa shape index (κ1) is 22.6. The molecular formula is C22H26F3NO3. The van der Waals surface area contributed by atoms with Gasteiger partial charge in [0.05, 0.1) is 7.11 Å². The summed E-state index contributed by atoms with van der Waals surface area (Å²) < 4.78 is 47.0. The van der Waals surface area contributed by atoms with Crippen LogP contribution in [0.5, 0.6) is 11.5 Å². The van der Waals surface area contributed by atoms with Crippen molar-refractivity contribution in [3.63, 3.8) is 0 Å². The summed E-state index contributed by atoms with van der Waals surface area (Å²) in [4.78, 5) is 14.4. The van der Waals surface area contributed by atoms with E-state index in [1.54, 1.807) is 17.0 Å². The summed E-state index contributed by atoms with van der Waals surface area (Å²) in [6, 6.07) is 12.6. The third-order valence-electron chi connectivity index (χ3n) is 4.60. The van der Waals surface area contributed by atoms with Crippen LogP contribution in [-0.4, -0.2) is 37.2 Å². The van der Waals surface area contributed by atoms with Gasteiger partial charge < -0.3 is 14.4 Å². The predicted molar refractivity (Wildman–Crippen MR) is 105 cm³/mol. The Morgan fingerprint density at radius 3 is 2.45 bits per heavy atom. The number of methoxy groups -OCH3 is 1. The molecule has 1 amide bonds. The summed E-state index contributed by atoms with van der Waals surface area (Å²) in [6.07, 6.45) is -3.67. The van der Waals surface area contributed by atoms with Gasteiger partial charge in [-0.2, -0.15) is 13.2 Å². The van der Waals surface area contributed by atoms with E-state index in [1.165, 1.54) is 13.2 Å². The van der Waals surface area contributed by atoms with E-state index in [4.69, 9.17) is 9.47 Å². The minimum Gasteiger partial charge on any atom is -0.493 e. The number of rotatable bonds is 9. The molecular weight excluding hydrogens is 383 g/mol. The van der Waals surface area contributed by atoms with Gasteiger partial charge in [-0.3, -0.25) is 4.79 Å². The Morgan fingerprint density at radius 2 is 1.83 bits per heavy atom. The minimum atomic E-state index is -4.42. The molecule has 0 fully saturated rings. The van der Waals surface area contributed by atoms with Gasteiger partial charge in [0, 0.05) is 19.5 Å². The molecule has 0 aliphatic rings. The summed E-state index contributed by atoms with van der Waals surface area (Å²) in [6.45, 7) is 3.72. The van der Waals surface area contributed by atoms with Crippen molar-refractivity contribution < 1.29 is 27.4 Å². The fourth-order valence-corrected chi connectivity index (χ4v) is 2.93. The molecule has 158 valence electrons. The lowest BCUT2D eigenvalue weighted by atomic mass is 10.1. The summed E-state index contributed by atoms with van der Waals surface area (Å²) in [5.41, 5.74) is 3.04. The number of carbonyl (C=O) groups excluding carboxylic acids is 1. The maximum Gasteiger partial charge on any atom is 0.422 e. The maximum absolute atomic E-state index is 12.6. The summed E-state index contributed by atoms with van der Waals surface area (Å²) in [5, 5.41) is 0. The van der Waals surface area contributed by atoms with Gasteiger partial charge in [0.1, 0.15) is 0 Å². The molecule has 0 saturated heterocycles. The van der Waals surface area contributed by atoms with E-state index < -0.39 is 12.8 Å². The molecule has 2 rings (SSSR count). The van der Waals surface area contributed by atoms with Gasteiger partial charge in [0.15, 0.2) is 18.1 Å². The lowest BCUT2D eigenvalue weighted by molar-refractivity contribution is -0.153. The second-order valence-electron chi connectivity index (χ2n) is 6.72. The normalized spacial score (nSPS) is 11.2. The summed E-state index contributed by atoms with van der Waals surface area (Å²) in [5.74, 6) is 0.258. The Balaban J connectivity index is 1.98. The van der Waals surface area contributed by atoms with Crippen LogP contribution in [0.25, 0.3) is 0 Å². The molecule has 0 aromatic heterocycles. The van der Waals surface area contributed by atoms with E-state index in [1.807, 2.05) is 38.1 Å². The Bertz CT molecular complexity index is 821. The van der Waals surface area contributed by atoms with Crippen LogP contribution >= 0.6 is 0 Å². The number of amides is 1. The smallest absolute Gasteiger partial charge is 0.422 e. The van der Waals surface area contributed by atoms with E-state index in [0.29, 0.717) is 25.9 Å². The first-order chi connectivity index (χ1) is 13.7. The zero-order valence-electron chi connectivity index (χ0n) is 16.9. The van der Waals surface area contributed by atoms with E-state index in [2.05, 4.69) is 0 Å². The van der Waals surface area contributed by atoms with Crippen molar-refractivity contribution in [2.24, 2.45) is 0 Å². The molecule has 2 aromatic rings. The lowest BCUT2D eigenvalue weighted by Crippen LogP contribution is -2.30. The van der Waals surface area contributed by atoms with Crippen molar-refractivity contribution in [3.8, 4) is 11.5 Å². The number of hydrogen-bond donors (Lipinski definition) is 0. The van der Waals surface area contributed by atoms with Crippen LogP contribution in [0.1, 0.15) is 30.0 Å². The second-order valence-corrected chi connectivity index (χ2v) is 6.72. The zero-order chi connectivity index (χ0) is 21.4. The molecule has 0 atom stereocenters. The SMILES string of the molecule is CCN(Cc1ccccc1C)C(=O)CCc1ccc(OCC(F)(F)F)c(OC)c1. The average Bonchev–Trinajstić information content (AvgIpc) is 2.69. The van der Waals surface area contributed by atoms with Crippen molar-refractivity contribution in [3.05, 3.63) is 59.2 Å². The number of hydrogen-bond acceptors (Lipinski definition) is 3. The molecule has 0 N–H and O–H groups in total. The van der Waals surface area contributed by atoms with Crippen molar-refractivity contribution >= 4 is 5.91 Å². The van der Waals surface area contributed by atoms with Crippen molar-refractivity contribution in [2.75, 3.05) is 20.3 Å². The second kappa shape index (κ2) is 10.2. The highest BCUT2D eigenvalue weighted by Gasteiger charge is 2.29. The quantitative estimate of drug-likeness (QED) is 0.590. The fourth-order valence-electron chi connectivity index (χ4n) is 2.93. The third kappa shape index (κ3) is 7.00. The largest absolute Gasteiger partial charge is 0.493 e. The van der Waals surface area contributed by atoms with E-state index >= 15 is 0 Å². The molecule has 0 aliphatic heterocycles. The first-order valence-electron chi connectivity index (χ1n) is 9.42. The van der Waals surface area contributed by atoms with Gasteiger partial charge >= 0.3 is 6.18 Å². The molecule has 7 heteroatoms. The standard InChI is InChI=1S/C22H26F3NO3/c1-4-26(14-18-8-6-5-7-16(18)2)21(27)12-10-17-9-11-19(20(13-17)28-3)29-15-22(23,24)25/h5-9,11,13H,4,10,12,14-15H2,1-3H3. The molecule has 2 aromatic carbocycles. The molecule has 0 spiro atoms. The van der Waals surface area contributed by atoms with Gasteiger partial charge in [-0.25, -0.2) is 0 Å². The van der Waals surface area contributed by atoms with E-state index in [0.717, 1.165) is 16.7 Å². The van der Waals surface area contributed by atoms with Crippen LogP contribution in [0.4, 0.5) is 13.2 Å². The molecule has 0 heterocycles. The number of carbonyl (C=O) groups is 1. The number of nitrogens with zero attached hydrogens (tertiary/aromatic N) is 1. The van der Waals surface area contributed by atoms with Gasteiger partial charge in [-0.05, 0) is 49.1 Å². The summed E-state index contributed by atoms with van der Waals surface area (Å²) >= 11 is 0. The Labute approximate surface area is 169 Å². The van der Waals surface area contributed by atoms with Crippen LogP contribution in [0, 0.1) is 6.92 Å². The number of benzene rings is 2. The average molecular weight is 409 g/mol. The minimum absolute atomic E-state index is 0.0205. The molecule has 0 aliphatic carbocycles. The highest BCUT2D eigenvalue weighted by Crippen LogP contribution is 2.30. The number of ether oxygens (including phenoxy) is 2. The predicted octanol–water partition coefficient (Wildman–Crippen LogP) is 4.93. The third-order valence-corrected chi connectivity index (χ3v) is 4.60. The van der Waals surface area contributed by atoms with Crippen molar-refractivity contribution in [1.29, 1.82) is 0 Å². The Morgan fingerprint density at radius 1 is 1.10 bits per heavy atom. The number of halogens is 3. The molecule has 0 radical (unpaired) electrons. The van der Waals surface area contributed by atoms with Crippen molar-refractivity contribution in [1.82, 2.24) is 4.90 Å². The monoisotopic (exact) mass is 409 g/mol. The van der Waals surface area contributed by atoms with Crippen LogP contribution < -0.4 is 9.47 Å². The topological polar surface area (TPSA) is 38.8 Å². The lowest BCUT2D eigenvalue weighted by Gasteiger charge is -2.22.